The molecule has 0 saturated carbocycles. The first-order chi connectivity index (χ1) is 14.4. The number of benzene rings is 1. The van der Waals surface area contributed by atoms with Gasteiger partial charge in [0.2, 0.25) is 5.69 Å². The number of carbonyl (C=O) groups is 2. The number of nitrogens with one attached hydrogen (secondary N) is 2. The van der Waals surface area contributed by atoms with Crippen molar-refractivity contribution in [1.29, 1.82) is 0 Å². The van der Waals surface area contributed by atoms with E-state index >= 15 is 8.78 Å². The van der Waals surface area contributed by atoms with Gasteiger partial charge in [-0.1, -0.05) is 0 Å². The van der Waals surface area contributed by atoms with Crippen LogP contribution in [-0.4, -0.2) is 26.9 Å². The van der Waals surface area contributed by atoms with Crippen LogP contribution in [0.2, 0.25) is 0 Å². The molecule has 0 bridgehead atoms. The second kappa shape index (κ2) is 8.06. The Labute approximate surface area is 177 Å². The van der Waals surface area contributed by atoms with Crippen LogP contribution in [-0.2, 0) is 23.7 Å². The second-order valence-corrected chi connectivity index (χ2v) is 8.35. The molecule has 3 rings (SSSR count). The van der Waals surface area contributed by atoms with Gasteiger partial charge in [-0.15, -0.1) is 0 Å². The number of alkyl halides is 2. The Hall–Kier alpha value is -3.35. The molecule has 0 unspecified atom stereocenters. The molecule has 1 aliphatic rings. The molecule has 0 saturated heterocycles. The second-order valence-electron chi connectivity index (χ2n) is 8.35. The van der Waals surface area contributed by atoms with Crippen molar-refractivity contribution >= 4 is 23.2 Å². The molecule has 0 aliphatic carbocycles. The Morgan fingerprint density at radius 2 is 1.94 bits per heavy atom. The largest absolute Gasteiger partial charge is 0.381 e. The van der Waals surface area contributed by atoms with E-state index in [0.29, 0.717) is 25.0 Å². The maximum atomic E-state index is 15.0. The summed E-state index contributed by atoms with van der Waals surface area (Å²) in [4.78, 5) is 32.0. The quantitative estimate of drug-likeness (QED) is 0.711. The number of hydrogen-bond donors (Lipinski definition) is 2. The number of fused-ring (bicyclic) bond motifs is 1. The Kier molecular flexibility index (Phi) is 5.81. The number of nitrogens with zero attached hydrogens (tertiary/aromatic N) is 3. The summed E-state index contributed by atoms with van der Waals surface area (Å²) in [6.07, 6.45) is 1.65. The lowest BCUT2D eigenvalue weighted by Crippen LogP contribution is -2.48. The Balaban J connectivity index is 1.97. The van der Waals surface area contributed by atoms with Gasteiger partial charge in [0.15, 0.2) is 5.82 Å². The number of imidazole rings is 1. The van der Waals surface area contributed by atoms with Crippen LogP contribution in [0, 0.1) is 12.4 Å². The van der Waals surface area contributed by atoms with Gasteiger partial charge in [0.25, 0.3) is 11.8 Å². The summed E-state index contributed by atoms with van der Waals surface area (Å²) in [5.74, 6) is -7.73. The predicted octanol–water partition coefficient (Wildman–Crippen LogP) is 4.17. The van der Waals surface area contributed by atoms with Gasteiger partial charge in [0.1, 0.15) is 11.5 Å². The first kappa shape index (κ1) is 22.3. The van der Waals surface area contributed by atoms with Gasteiger partial charge in [0, 0.05) is 17.8 Å². The highest BCUT2D eigenvalue weighted by atomic mass is 19.3. The topological polar surface area (TPSA) is 80.4 Å². The van der Waals surface area contributed by atoms with Crippen LogP contribution >= 0.6 is 0 Å². The molecule has 2 amide bonds. The van der Waals surface area contributed by atoms with Crippen molar-refractivity contribution in [3.05, 3.63) is 52.6 Å². The van der Waals surface area contributed by atoms with Gasteiger partial charge >= 0.3 is 5.92 Å². The maximum absolute atomic E-state index is 15.0. The Morgan fingerprint density at radius 1 is 1.23 bits per heavy atom. The normalized spacial score (nSPS) is 13.8. The zero-order chi connectivity index (χ0) is 23.0. The van der Waals surface area contributed by atoms with E-state index in [1.807, 2.05) is 0 Å². The Bertz CT molecular complexity index is 1080. The minimum absolute atomic E-state index is 0.133. The number of aromatic nitrogens is 2. The van der Waals surface area contributed by atoms with E-state index in [1.54, 1.807) is 20.8 Å². The van der Waals surface area contributed by atoms with Crippen molar-refractivity contribution < 1.29 is 22.8 Å². The molecule has 2 N–H and O–H groups in total. The van der Waals surface area contributed by atoms with Crippen LogP contribution in [0.3, 0.4) is 0 Å². The van der Waals surface area contributed by atoms with Crippen LogP contribution in [0.15, 0.2) is 18.2 Å². The van der Waals surface area contributed by atoms with E-state index in [-0.39, 0.29) is 23.6 Å². The van der Waals surface area contributed by atoms with Crippen molar-refractivity contribution in [2.45, 2.75) is 58.0 Å². The first-order valence-electron chi connectivity index (χ1n) is 9.72. The van der Waals surface area contributed by atoms with E-state index in [4.69, 9.17) is 6.57 Å². The first-order valence-corrected chi connectivity index (χ1v) is 9.72. The molecule has 1 aliphatic heterocycles. The van der Waals surface area contributed by atoms with Crippen LogP contribution in [0.25, 0.3) is 4.85 Å². The van der Waals surface area contributed by atoms with Gasteiger partial charge in [-0.3, -0.25) is 9.59 Å². The summed E-state index contributed by atoms with van der Waals surface area (Å²) in [7, 11) is 0. The summed E-state index contributed by atoms with van der Waals surface area (Å²) >= 11 is 0. The molecule has 0 atom stereocenters. The Morgan fingerprint density at radius 3 is 2.58 bits per heavy atom. The molecule has 1 aromatic heterocycles. The fourth-order valence-corrected chi connectivity index (χ4v) is 3.35. The third-order valence-electron chi connectivity index (χ3n) is 4.71. The lowest BCUT2D eigenvalue weighted by Gasteiger charge is -2.25. The number of amides is 2. The average molecular weight is 433 g/mol. The zero-order valence-corrected chi connectivity index (χ0v) is 17.4. The molecule has 7 nitrogen and oxygen atoms in total. The highest BCUT2D eigenvalue weighted by Gasteiger charge is 2.48. The van der Waals surface area contributed by atoms with Gasteiger partial charge in [-0.05, 0) is 58.2 Å². The maximum Gasteiger partial charge on any atom is 0.381 e. The van der Waals surface area contributed by atoms with Gasteiger partial charge in [0.05, 0.1) is 12.3 Å². The summed E-state index contributed by atoms with van der Waals surface area (Å²) < 4.78 is 44.8. The SMILES string of the molecule is [C-]#[N+]c1cc(NC(=O)c2nc(C(F)(F)C(=O)NC(C)(C)C)n3c2CCCC3)ccc1F. The molecule has 164 valence electrons. The highest BCUT2D eigenvalue weighted by Crippen LogP contribution is 2.33. The van der Waals surface area contributed by atoms with Crippen LogP contribution in [0.1, 0.15) is 55.6 Å². The molecular formula is C21H22F3N5O2. The van der Waals surface area contributed by atoms with Crippen LogP contribution in [0.5, 0.6) is 0 Å². The van der Waals surface area contributed by atoms with E-state index in [1.165, 1.54) is 10.6 Å². The molecule has 31 heavy (non-hydrogen) atoms. The van der Waals surface area contributed by atoms with E-state index in [0.717, 1.165) is 12.1 Å². The summed E-state index contributed by atoms with van der Waals surface area (Å²) in [5.41, 5.74) is -0.924. The van der Waals surface area contributed by atoms with Crippen LogP contribution < -0.4 is 10.6 Å². The highest BCUT2D eigenvalue weighted by molar-refractivity contribution is 6.04. The number of halogens is 3. The van der Waals surface area contributed by atoms with Crippen molar-refractivity contribution in [3.8, 4) is 0 Å². The standard InChI is InChI=1S/C21H22F3N5O2/c1-20(2,3)28-19(31)21(23,24)18-27-16(15-7-5-6-10-29(15)18)17(30)26-12-8-9-13(22)14(11-12)25-4/h8-9,11H,5-7,10H2,1-3H3,(H,26,30)(H,28,31). The molecule has 2 aromatic rings. The fraction of sp³-hybridized carbons (Fsp3) is 0.429. The van der Waals surface area contributed by atoms with Crippen molar-refractivity contribution in [2.24, 2.45) is 0 Å². The minimum Gasteiger partial charge on any atom is -0.346 e. The predicted molar refractivity (Wildman–Crippen MR) is 108 cm³/mol. The van der Waals surface area contributed by atoms with E-state index in [9.17, 15) is 14.0 Å². The monoisotopic (exact) mass is 433 g/mol. The summed E-state index contributed by atoms with van der Waals surface area (Å²) in [6, 6.07) is 3.44. The number of hydrogen-bond acceptors (Lipinski definition) is 3. The molecule has 1 aromatic carbocycles. The minimum atomic E-state index is -3.94. The molecule has 0 fully saturated rings. The van der Waals surface area contributed by atoms with Crippen molar-refractivity contribution in [2.75, 3.05) is 5.32 Å². The fourth-order valence-electron chi connectivity index (χ4n) is 3.35. The van der Waals surface area contributed by atoms with Gasteiger partial charge in [-0.2, -0.15) is 8.78 Å². The number of carbonyl (C=O) groups excluding carboxylic acids is 2. The lowest BCUT2D eigenvalue weighted by molar-refractivity contribution is -0.150. The smallest absolute Gasteiger partial charge is 0.346 e. The molecule has 0 radical (unpaired) electrons. The average Bonchev–Trinajstić information content (AvgIpc) is 3.08. The number of rotatable bonds is 4. The zero-order valence-electron chi connectivity index (χ0n) is 17.4. The summed E-state index contributed by atoms with van der Waals surface area (Å²) in [6.45, 7) is 11.9. The third-order valence-corrected chi connectivity index (χ3v) is 4.71. The molecular weight excluding hydrogens is 411 g/mol. The van der Waals surface area contributed by atoms with Gasteiger partial charge < -0.3 is 15.2 Å². The number of anilines is 1. The van der Waals surface area contributed by atoms with Crippen LogP contribution in [0.4, 0.5) is 24.5 Å². The third kappa shape index (κ3) is 4.55. The summed E-state index contributed by atoms with van der Waals surface area (Å²) in [5, 5.41) is 4.73. The van der Waals surface area contributed by atoms with Crippen molar-refractivity contribution in [1.82, 2.24) is 14.9 Å². The lowest BCUT2D eigenvalue weighted by atomic mass is 10.1. The molecule has 10 heteroatoms. The van der Waals surface area contributed by atoms with Gasteiger partial charge in [-0.25, -0.2) is 14.2 Å². The van der Waals surface area contributed by atoms with E-state index < -0.39 is 34.9 Å². The molecule has 0 spiro atoms. The van der Waals surface area contributed by atoms with Crippen molar-refractivity contribution in [3.63, 3.8) is 0 Å². The van der Waals surface area contributed by atoms with E-state index in [2.05, 4.69) is 20.5 Å². The molecule has 2 heterocycles.